The Balaban J connectivity index is 2.35. The number of ether oxygens (including phenoxy) is 1. The van der Waals surface area contributed by atoms with Gasteiger partial charge in [-0.25, -0.2) is 4.98 Å². The Morgan fingerprint density at radius 1 is 1.56 bits per heavy atom. The van der Waals surface area contributed by atoms with Crippen LogP contribution in [0.1, 0.15) is 16.3 Å². The zero-order chi connectivity index (χ0) is 13.1. The molecule has 6 nitrogen and oxygen atoms in total. The van der Waals surface area contributed by atoms with Crippen LogP contribution in [0.3, 0.4) is 0 Å². The Morgan fingerprint density at radius 2 is 2.33 bits per heavy atom. The van der Waals surface area contributed by atoms with Crippen molar-refractivity contribution in [2.45, 2.75) is 6.54 Å². The number of hydrogen-bond donors (Lipinski definition) is 0. The average molecular weight is 269 g/mol. The van der Waals surface area contributed by atoms with Crippen LogP contribution in [0.5, 0.6) is 0 Å². The van der Waals surface area contributed by atoms with Crippen LogP contribution in [-0.2, 0) is 18.3 Å². The molecule has 0 N–H and O–H groups in total. The molecule has 0 spiro atoms. The van der Waals surface area contributed by atoms with Gasteiger partial charge in [0.15, 0.2) is 5.82 Å². The standard InChI is InChI=1S/C11H13ClN4O2/c1-15-4-3-13-11(15)10(17)9-8(12)7-14-16(9)5-6-18-2/h3-4,7H,5-6H2,1-2H3. The first-order valence-corrected chi connectivity index (χ1v) is 5.75. The SMILES string of the molecule is COCCn1ncc(Cl)c1C(=O)c1nccn1C. The lowest BCUT2D eigenvalue weighted by Gasteiger charge is -2.06. The van der Waals surface area contributed by atoms with Gasteiger partial charge in [-0.05, 0) is 0 Å². The van der Waals surface area contributed by atoms with Gasteiger partial charge in [0.05, 0.1) is 24.4 Å². The largest absolute Gasteiger partial charge is 0.383 e. The van der Waals surface area contributed by atoms with E-state index in [2.05, 4.69) is 10.1 Å². The van der Waals surface area contributed by atoms with Crippen LogP contribution in [0.2, 0.25) is 5.02 Å². The predicted molar refractivity (Wildman–Crippen MR) is 65.8 cm³/mol. The van der Waals surface area contributed by atoms with Crippen molar-refractivity contribution in [3.8, 4) is 0 Å². The third kappa shape index (κ3) is 2.30. The molecule has 7 heteroatoms. The molecule has 0 radical (unpaired) electrons. The van der Waals surface area contributed by atoms with Gasteiger partial charge < -0.3 is 9.30 Å². The number of ketones is 1. The topological polar surface area (TPSA) is 61.9 Å². The number of rotatable bonds is 5. The Morgan fingerprint density at radius 3 is 2.94 bits per heavy atom. The zero-order valence-electron chi connectivity index (χ0n) is 10.1. The fourth-order valence-electron chi connectivity index (χ4n) is 1.63. The van der Waals surface area contributed by atoms with Crippen LogP contribution in [-0.4, -0.2) is 38.8 Å². The van der Waals surface area contributed by atoms with Crippen LogP contribution in [0.25, 0.3) is 0 Å². The molecule has 2 aromatic heterocycles. The lowest BCUT2D eigenvalue weighted by molar-refractivity contribution is 0.101. The van der Waals surface area contributed by atoms with Gasteiger partial charge in [-0.15, -0.1) is 0 Å². The van der Waals surface area contributed by atoms with E-state index in [-0.39, 0.29) is 5.78 Å². The van der Waals surface area contributed by atoms with Gasteiger partial charge in [0.2, 0.25) is 5.78 Å². The summed E-state index contributed by atoms with van der Waals surface area (Å²) in [7, 11) is 3.34. The first kappa shape index (κ1) is 12.8. The van der Waals surface area contributed by atoms with Crippen molar-refractivity contribution in [1.29, 1.82) is 0 Å². The summed E-state index contributed by atoms with van der Waals surface area (Å²) < 4.78 is 8.14. The summed E-state index contributed by atoms with van der Waals surface area (Å²) in [6.07, 6.45) is 4.72. The van der Waals surface area contributed by atoms with Crippen molar-refractivity contribution in [3.05, 3.63) is 35.1 Å². The number of carbonyl (C=O) groups is 1. The van der Waals surface area contributed by atoms with Crippen LogP contribution in [0.15, 0.2) is 18.6 Å². The third-order valence-corrected chi connectivity index (χ3v) is 2.82. The molecule has 0 aliphatic carbocycles. The molecular weight excluding hydrogens is 256 g/mol. The van der Waals surface area contributed by atoms with E-state index in [1.165, 1.54) is 10.9 Å². The maximum absolute atomic E-state index is 12.3. The van der Waals surface area contributed by atoms with Crippen molar-refractivity contribution >= 4 is 17.4 Å². The number of halogens is 1. The highest BCUT2D eigenvalue weighted by atomic mass is 35.5. The molecule has 0 amide bonds. The van der Waals surface area contributed by atoms with Gasteiger partial charge in [0, 0.05) is 26.6 Å². The van der Waals surface area contributed by atoms with Gasteiger partial charge in [0.1, 0.15) is 5.69 Å². The maximum atomic E-state index is 12.3. The summed E-state index contributed by atoms with van der Waals surface area (Å²) in [6.45, 7) is 0.924. The number of carbonyl (C=O) groups excluding carboxylic acids is 1. The molecule has 0 unspecified atom stereocenters. The molecule has 0 atom stereocenters. The molecule has 0 aromatic carbocycles. The molecule has 2 aromatic rings. The van der Waals surface area contributed by atoms with E-state index in [1.807, 2.05) is 0 Å². The summed E-state index contributed by atoms with van der Waals surface area (Å²) in [5.74, 6) is 0.0807. The predicted octanol–water partition coefficient (Wildman–Crippen LogP) is 1.15. The minimum Gasteiger partial charge on any atom is -0.383 e. The summed E-state index contributed by atoms with van der Waals surface area (Å²) in [5.41, 5.74) is 0.336. The van der Waals surface area contributed by atoms with Crippen LogP contribution < -0.4 is 0 Å². The van der Waals surface area contributed by atoms with E-state index in [0.29, 0.717) is 29.7 Å². The number of imidazole rings is 1. The molecule has 2 rings (SSSR count). The van der Waals surface area contributed by atoms with Gasteiger partial charge in [-0.1, -0.05) is 11.6 Å². The van der Waals surface area contributed by atoms with E-state index in [0.717, 1.165) is 0 Å². The number of nitrogens with zero attached hydrogens (tertiary/aromatic N) is 4. The first-order valence-electron chi connectivity index (χ1n) is 5.37. The Hall–Kier alpha value is -1.66. The highest BCUT2D eigenvalue weighted by Gasteiger charge is 2.22. The fraction of sp³-hybridized carbons (Fsp3) is 0.364. The number of methoxy groups -OCH3 is 1. The fourth-order valence-corrected chi connectivity index (χ4v) is 1.85. The quantitative estimate of drug-likeness (QED) is 0.763. The summed E-state index contributed by atoms with van der Waals surface area (Å²) in [6, 6.07) is 0. The van der Waals surface area contributed by atoms with Crippen LogP contribution >= 0.6 is 11.6 Å². The Labute approximate surface area is 109 Å². The molecule has 2 heterocycles. The highest BCUT2D eigenvalue weighted by molar-refractivity contribution is 6.34. The maximum Gasteiger partial charge on any atom is 0.247 e. The van der Waals surface area contributed by atoms with Crippen molar-refractivity contribution < 1.29 is 9.53 Å². The lowest BCUT2D eigenvalue weighted by Crippen LogP contribution is -2.17. The van der Waals surface area contributed by atoms with Gasteiger partial charge in [-0.2, -0.15) is 5.10 Å². The van der Waals surface area contributed by atoms with E-state index in [1.54, 1.807) is 31.1 Å². The Kier molecular flexibility index (Phi) is 3.78. The zero-order valence-corrected chi connectivity index (χ0v) is 10.9. The highest BCUT2D eigenvalue weighted by Crippen LogP contribution is 2.18. The minimum absolute atomic E-state index is 0.249. The van der Waals surface area contributed by atoms with Gasteiger partial charge >= 0.3 is 0 Å². The molecule has 0 fully saturated rings. The van der Waals surface area contributed by atoms with Crippen LogP contribution in [0.4, 0.5) is 0 Å². The monoisotopic (exact) mass is 268 g/mol. The number of aromatic nitrogens is 4. The van der Waals surface area contributed by atoms with Gasteiger partial charge in [-0.3, -0.25) is 9.48 Å². The van der Waals surface area contributed by atoms with E-state index in [9.17, 15) is 4.79 Å². The lowest BCUT2D eigenvalue weighted by atomic mass is 10.2. The smallest absolute Gasteiger partial charge is 0.247 e. The van der Waals surface area contributed by atoms with E-state index >= 15 is 0 Å². The number of aryl methyl sites for hydroxylation is 1. The van der Waals surface area contributed by atoms with Gasteiger partial charge in [0.25, 0.3) is 0 Å². The van der Waals surface area contributed by atoms with Crippen molar-refractivity contribution in [2.24, 2.45) is 7.05 Å². The van der Waals surface area contributed by atoms with Crippen molar-refractivity contribution in [1.82, 2.24) is 19.3 Å². The van der Waals surface area contributed by atoms with Crippen molar-refractivity contribution in [2.75, 3.05) is 13.7 Å². The van der Waals surface area contributed by atoms with Crippen molar-refractivity contribution in [3.63, 3.8) is 0 Å². The summed E-state index contributed by atoms with van der Waals surface area (Å²) in [5, 5.41) is 4.38. The summed E-state index contributed by atoms with van der Waals surface area (Å²) in [4.78, 5) is 16.3. The average Bonchev–Trinajstić information content (AvgIpc) is 2.92. The van der Waals surface area contributed by atoms with E-state index in [4.69, 9.17) is 16.3 Å². The normalized spacial score (nSPS) is 10.8. The molecule has 18 heavy (non-hydrogen) atoms. The second-order valence-electron chi connectivity index (χ2n) is 3.75. The minimum atomic E-state index is -0.249. The number of hydrogen-bond acceptors (Lipinski definition) is 4. The Bertz CT molecular complexity index is 561. The second-order valence-corrected chi connectivity index (χ2v) is 4.16. The molecule has 0 aliphatic rings. The molecule has 0 aliphatic heterocycles. The van der Waals surface area contributed by atoms with E-state index < -0.39 is 0 Å². The van der Waals surface area contributed by atoms with Crippen LogP contribution in [0, 0.1) is 0 Å². The molecular formula is C11H13ClN4O2. The first-order chi connectivity index (χ1) is 8.65. The molecule has 96 valence electrons. The third-order valence-electron chi connectivity index (χ3n) is 2.54. The molecule has 0 bridgehead atoms. The molecule has 0 saturated carbocycles. The molecule has 0 saturated heterocycles. The summed E-state index contributed by atoms with van der Waals surface area (Å²) >= 11 is 6.01. The second kappa shape index (κ2) is 5.32.